The van der Waals surface area contributed by atoms with E-state index in [0.717, 1.165) is 11.1 Å². The van der Waals surface area contributed by atoms with E-state index in [4.69, 9.17) is 0 Å². The molecule has 1 nitrogen and oxygen atoms in total. The zero-order chi connectivity index (χ0) is 11.5. The molecule has 2 heteroatoms. The Morgan fingerprint density at radius 1 is 1.53 bits per heavy atom. The maximum absolute atomic E-state index is 12.9. The minimum atomic E-state index is -0.331. The summed E-state index contributed by atoms with van der Waals surface area (Å²) in [6.45, 7) is 7.57. The van der Waals surface area contributed by atoms with Gasteiger partial charge in [0.05, 0.1) is 6.61 Å². The standard InChI is InChI=1S/C13H17FO/c1-4-13(3,9-15)8-11-5-6-12(14)7-10(11)2/h4-7,15H,1,8-9H2,2-3H3. The van der Waals surface area contributed by atoms with Crippen LogP contribution in [0.1, 0.15) is 18.1 Å². The van der Waals surface area contributed by atoms with Crippen LogP contribution in [0.4, 0.5) is 4.39 Å². The van der Waals surface area contributed by atoms with Crippen LogP contribution in [0.5, 0.6) is 0 Å². The summed E-state index contributed by atoms with van der Waals surface area (Å²) in [5.41, 5.74) is 1.63. The first kappa shape index (κ1) is 11.9. The lowest BCUT2D eigenvalue weighted by Crippen LogP contribution is -2.21. The van der Waals surface area contributed by atoms with Gasteiger partial charge in [0.15, 0.2) is 0 Å². The van der Waals surface area contributed by atoms with Crippen molar-refractivity contribution in [1.29, 1.82) is 0 Å². The molecule has 0 aliphatic heterocycles. The zero-order valence-corrected chi connectivity index (χ0v) is 9.26. The van der Waals surface area contributed by atoms with Crippen molar-refractivity contribution >= 4 is 0 Å². The Morgan fingerprint density at radius 3 is 2.67 bits per heavy atom. The molecule has 0 fully saturated rings. The number of aliphatic hydroxyl groups excluding tert-OH is 1. The second-order valence-electron chi connectivity index (χ2n) is 4.26. The average Bonchev–Trinajstić information content (AvgIpc) is 2.22. The van der Waals surface area contributed by atoms with Crippen LogP contribution in [0.3, 0.4) is 0 Å². The molecular weight excluding hydrogens is 191 g/mol. The molecule has 1 rings (SSSR count). The van der Waals surface area contributed by atoms with E-state index in [0.29, 0.717) is 6.42 Å². The molecule has 1 unspecified atom stereocenters. The summed E-state index contributed by atoms with van der Waals surface area (Å²) in [7, 11) is 0. The van der Waals surface area contributed by atoms with E-state index < -0.39 is 0 Å². The van der Waals surface area contributed by atoms with Gasteiger partial charge in [0.1, 0.15) is 5.82 Å². The highest BCUT2D eigenvalue weighted by Crippen LogP contribution is 2.25. The summed E-state index contributed by atoms with van der Waals surface area (Å²) in [4.78, 5) is 0. The molecule has 0 spiro atoms. The first-order chi connectivity index (χ1) is 7.00. The molecule has 0 aliphatic rings. The van der Waals surface area contributed by atoms with E-state index in [2.05, 4.69) is 6.58 Å². The van der Waals surface area contributed by atoms with Crippen LogP contribution in [0, 0.1) is 18.2 Å². The molecule has 0 heterocycles. The predicted molar refractivity (Wildman–Crippen MR) is 60.2 cm³/mol. The molecule has 1 aromatic carbocycles. The van der Waals surface area contributed by atoms with Gasteiger partial charge in [-0.3, -0.25) is 0 Å². The molecule has 82 valence electrons. The van der Waals surface area contributed by atoms with Gasteiger partial charge in [0, 0.05) is 5.41 Å². The molecule has 0 amide bonds. The summed E-state index contributed by atoms with van der Waals surface area (Å²) in [6.07, 6.45) is 2.43. The van der Waals surface area contributed by atoms with Crippen molar-refractivity contribution in [3.63, 3.8) is 0 Å². The van der Waals surface area contributed by atoms with Crippen molar-refractivity contribution in [1.82, 2.24) is 0 Å². The summed E-state index contributed by atoms with van der Waals surface area (Å²) >= 11 is 0. The molecular formula is C13H17FO. The molecule has 1 atom stereocenters. The van der Waals surface area contributed by atoms with Crippen molar-refractivity contribution in [2.75, 3.05) is 6.61 Å². The molecule has 0 saturated heterocycles. The Labute approximate surface area is 90.3 Å². The van der Waals surface area contributed by atoms with Gasteiger partial charge in [-0.25, -0.2) is 4.39 Å². The molecule has 0 saturated carbocycles. The maximum Gasteiger partial charge on any atom is 0.123 e. The normalized spacial score (nSPS) is 14.7. The van der Waals surface area contributed by atoms with Crippen LogP contribution in [-0.2, 0) is 6.42 Å². The highest BCUT2D eigenvalue weighted by molar-refractivity contribution is 5.28. The number of aryl methyl sites for hydroxylation is 1. The predicted octanol–water partition coefficient (Wildman–Crippen LogP) is 2.86. The third kappa shape index (κ3) is 2.90. The fourth-order valence-corrected chi connectivity index (χ4v) is 1.49. The Kier molecular flexibility index (Phi) is 3.64. The van der Waals surface area contributed by atoms with Gasteiger partial charge >= 0.3 is 0 Å². The smallest absolute Gasteiger partial charge is 0.123 e. The fourth-order valence-electron chi connectivity index (χ4n) is 1.49. The van der Waals surface area contributed by atoms with Gasteiger partial charge < -0.3 is 5.11 Å². The molecule has 0 aliphatic carbocycles. The van der Waals surface area contributed by atoms with Crippen molar-refractivity contribution < 1.29 is 9.50 Å². The number of benzene rings is 1. The second kappa shape index (κ2) is 4.58. The Balaban J connectivity index is 2.94. The highest BCUT2D eigenvalue weighted by Gasteiger charge is 2.20. The molecule has 15 heavy (non-hydrogen) atoms. The number of rotatable bonds is 4. The van der Waals surface area contributed by atoms with E-state index in [9.17, 15) is 9.50 Å². The summed E-state index contributed by atoms with van der Waals surface area (Å²) < 4.78 is 12.9. The lowest BCUT2D eigenvalue weighted by Gasteiger charge is -2.23. The number of hydrogen-bond acceptors (Lipinski definition) is 1. The van der Waals surface area contributed by atoms with Crippen molar-refractivity contribution in [3.05, 3.63) is 47.8 Å². The molecule has 0 aromatic heterocycles. The number of halogens is 1. The van der Waals surface area contributed by atoms with E-state index in [1.54, 1.807) is 12.1 Å². The topological polar surface area (TPSA) is 20.2 Å². The lowest BCUT2D eigenvalue weighted by molar-refractivity contribution is 0.184. The SMILES string of the molecule is C=CC(C)(CO)Cc1ccc(F)cc1C. The monoisotopic (exact) mass is 208 g/mol. The van der Waals surface area contributed by atoms with Gasteiger partial charge in [-0.15, -0.1) is 6.58 Å². The molecule has 1 aromatic rings. The van der Waals surface area contributed by atoms with E-state index in [1.165, 1.54) is 12.1 Å². The minimum absolute atomic E-state index is 0.0489. The van der Waals surface area contributed by atoms with Crippen molar-refractivity contribution in [2.24, 2.45) is 5.41 Å². The number of aliphatic hydroxyl groups is 1. The van der Waals surface area contributed by atoms with Gasteiger partial charge in [-0.2, -0.15) is 0 Å². The van der Waals surface area contributed by atoms with Crippen molar-refractivity contribution in [3.8, 4) is 0 Å². The quantitative estimate of drug-likeness (QED) is 0.754. The minimum Gasteiger partial charge on any atom is -0.395 e. The first-order valence-electron chi connectivity index (χ1n) is 5.00. The van der Waals surface area contributed by atoms with Crippen LogP contribution < -0.4 is 0 Å². The molecule has 0 bridgehead atoms. The van der Waals surface area contributed by atoms with Crippen LogP contribution in [0.15, 0.2) is 30.9 Å². The van der Waals surface area contributed by atoms with Crippen LogP contribution >= 0.6 is 0 Å². The highest BCUT2D eigenvalue weighted by atomic mass is 19.1. The lowest BCUT2D eigenvalue weighted by atomic mass is 9.83. The van der Waals surface area contributed by atoms with Crippen LogP contribution in [0.25, 0.3) is 0 Å². The van der Waals surface area contributed by atoms with Crippen molar-refractivity contribution in [2.45, 2.75) is 20.3 Å². The summed E-state index contributed by atoms with van der Waals surface area (Å²) in [6, 6.07) is 4.72. The number of hydrogen-bond donors (Lipinski definition) is 1. The van der Waals surface area contributed by atoms with Gasteiger partial charge in [-0.05, 0) is 36.6 Å². The van der Waals surface area contributed by atoms with Gasteiger partial charge in [0.2, 0.25) is 0 Å². The third-order valence-corrected chi connectivity index (χ3v) is 2.75. The Hall–Kier alpha value is -1.15. The van der Waals surface area contributed by atoms with Gasteiger partial charge in [-0.1, -0.05) is 19.1 Å². The first-order valence-corrected chi connectivity index (χ1v) is 5.00. The zero-order valence-electron chi connectivity index (χ0n) is 9.26. The Morgan fingerprint density at radius 2 is 2.20 bits per heavy atom. The average molecular weight is 208 g/mol. The summed E-state index contributed by atoms with van der Waals surface area (Å²) in [5, 5.41) is 9.25. The maximum atomic E-state index is 12.9. The van der Waals surface area contributed by atoms with E-state index in [-0.39, 0.29) is 17.8 Å². The van der Waals surface area contributed by atoms with Crippen LogP contribution in [-0.4, -0.2) is 11.7 Å². The molecule has 1 N–H and O–H groups in total. The Bertz CT molecular complexity index is 360. The third-order valence-electron chi connectivity index (χ3n) is 2.75. The molecule has 0 radical (unpaired) electrons. The van der Waals surface area contributed by atoms with E-state index >= 15 is 0 Å². The largest absolute Gasteiger partial charge is 0.395 e. The van der Waals surface area contributed by atoms with Crippen LogP contribution in [0.2, 0.25) is 0 Å². The van der Waals surface area contributed by atoms with E-state index in [1.807, 2.05) is 13.8 Å². The second-order valence-corrected chi connectivity index (χ2v) is 4.26. The van der Waals surface area contributed by atoms with Gasteiger partial charge in [0.25, 0.3) is 0 Å². The summed E-state index contributed by atoms with van der Waals surface area (Å²) in [5.74, 6) is -0.222. The fraction of sp³-hybridized carbons (Fsp3) is 0.385.